The lowest BCUT2D eigenvalue weighted by atomic mass is 9.77. The van der Waals surface area contributed by atoms with Crippen LogP contribution in [0.3, 0.4) is 0 Å². The molecular weight excluding hydrogens is 590 g/mol. The number of hydrogen-bond acceptors (Lipinski definition) is 5. The Hall–Kier alpha value is -3.90. The molecule has 2 aromatic rings. The minimum atomic E-state index is -4.58. The molecule has 44 heavy (non-hydrogen) atoms. The fourth-order valence-corrected chi connectivity index (χ4v) is 6.29. The predicted octanol–water partition coefficient (Wildman–Crippen LogP) is 6.09. The summed E-state index contributed by atoms with van der Waals surface area (Å²) in [6, 6.07) is 6.60. The second-order valence-electron chi connectivity index (χ2n) is 12.0. The second kappa shape index (κ2) is 10.3. The lowest BCUT2D eigenvalue weighted by Gasteiger charge is -2.29. The highest BCUT2D eigenvalue weighted by Gasteiger charge is 2.49. The van der Waals surface area contributed by atoms with Gasteiger partial charge in [0, 0.05) is 41.1 Å². The molecule has 2 heterocycles. The zero-order valence-corrected chi connectivity index (χ0v) is 24.4. The lowest BCUT2D eigenvalue weighted by molar-refractivity contribution is -0.441. The quantitative estimate of drug-likeness (QED) is 0.207. The smallest absolute Gasteiger partial charge is 0.416 e. The summed E-state index contributed by atoms with van der Waals surface area (Å²) in [6.07, 6.45) is -6.35. The summed E-state index contributed by atoms with van der Waals surface area (Å²) < 4.78 is 82.6. The van der Waals surface area contributed by atoms with Crippen LogP contribution in [0.5, 0.6) is 0 Å². The number of alkyl halides is 6. The maximum Gasteiger partial charge on any atom is 0.416 e. The molecular formula is C32H31F6N2O4+. The van der Waals surface area contributed by atoms with E-state index in [9.17, 15) is 46.5 Å². The van der Waals surface area contributed by atoms with E-state index in [0.29, 0.717) is 33.9 Å². The Morgan fingerprint density at radius 2 is 1.43 bits per heavy atom. The van der Waals surface area contributed by atoms with Gasteiger partial charge in [-0.15, -0.1) is 0 Å². The standard InChI is InChI=1S/C32H30F6N2O4/c1-29(2)21-13-17(31(33,34)35)5-7-23(21)39(9-11-41)25(29)15-19-27(43)20(28(19)44)16-26-30(3,4)22-14-18(32(36,37)38)6-8-24(22)40(26)10-12-42/h5-8,13-16,41-42H,9-12H2,1-4H3/p+1. The molecule has 3 aliphatic rings. The maximum absolute atomic E-state index is 13.5. The number of ketones is 1. The van der Waals surface area contributed by atoms with Crippen LogP contribution in [-0.2, 0) is 28.0 Å². The van der Waals surface area contributed by atoms with Crippen molar-refractivity contribution in [1.82, 2.24) is 0 Å². The van der Waals surface area contributed by atoms with Crippen LogP contribution in [0.15, 0.2) is 71.2 Å². The van der Waals surface area contributed by atoms with E-state index in [0.717, 1.165) is 24.3 Å². The summed E-state index contributed by atoms with van der Waals surface area (Å²) in [6.45, 7) is 6.13. The van der Waals surface area contributed by atoms with Crippen molar-refractivity contribution in [2.24, 2.45) is 0 Å². The van der Waals surface area contributed by atoms with E-state index in [1.165, 1.54) is 24.3 Å². The molecule has 5 rings (SSSR count). The molecule has 234 valence electrons. The third kappa shape index (κ3) is 4.84. The first-order chi connectivity index (χ1) is 20.3. The maximum atomic E-state index is 13.5. The molecule has 0 amide bonds. The Balaban J connectivity index is 1.58. The van der Waals surface area contributed by atoms with Crippen LogP contribution in [0.4, 0.5) is 37.7 Å². The number of aliphatic hydroxyl groups excluding tert-OH is 3. The highest BCUT2D eigenvalue weighted by Crippen LogP contribution is 2.51. The summed E-state index contributed by atoms with van der Waals surface area (Å²) in [7, 11) is 0. The third-order valence-electron chi connectivity index (χ3n) is 8.65. The molecule has 1 aliphatic carbocycles. The molecule has 0 spiro atoms. The molecule has 0 radical (unpaired) electrons. The van der Waals surface area contributed by atoms with Crippen molar-refractivity contribution >= 4 is 22.9 Å². The average Bonchev–Trinajstić information content (AvgIpc) is 3.27. The molecule has 0 aromatic heterocycles. The van der Waals surface area contributed by atoms with Gasteiger partial charge in [-0.3, -0.25) is 4.79 Å². The van der Waals surface area contributed by atoms with Crippen molar-refractivity contribution < 1.29 is 51.0 Å². The molecule has 0 saturated carbocycles. The molecule has 0 saturated heterocycles. The monoisotopic (exact) mass is 621 g/mol. The van der Waals surface area contributed by atoms with Crippen LogP contribution in [0.1, 0.15) is 49.9 Å². The number of halogens is 6. The van der Waals surface area contributed by atoms with Crippen LogP contribution < -0.4 is 4.90 Å². The summed E-state index contributed by atoms with van der Waals surface area (Å²) in [5.41, 5.74) is -1.57. The van der Waals surface area contributed by atoms with E-state index >= 15 is 0 Å². The van der Waals surface area contributed by atoms with Gasteiger partial charge < -0.3 is 20.2 Å². The topological polar surface area (TPSA) is 84.0 Å². The highest BCUT2D eigenvalue weighted by molar-refractivity contribution is 6.24. The number of anilines is 1. The van der Waals surface area contributed by atoms with E-state index in [4.69, 9.17) is 0 Å². The van der Waals surface area contributed by atoms with Gasteiger partial charge >= 0.3 is 12.4 Å². The molecule has 0 bridgehead atoms. The molecule has 0 atom stereocenters. The predicted molar refractivity (Wildman–Crippen MR) is 151 cm³/mol. The Bertz CT molecular complexity index is 1690. The number of benzene rings is 2. The summed E-state index contributed by atoms with van der Waals surface area (Å²) >= 11 is 0. The normalized spacial score (nSPS) is 21.0. The number of carbonyl (C=O) groups is 1. The van der Waals surface area contributed by atoms with E-state index in [1.807, 2.05) is 0 Å². The van der Waals surface area contributed by atoms with Crippen molar-refractivity contribution in [2.75, 3.05) is 31.2 Å². The van der Waals surface area contributed by atoms with Crippen molar-refractivity contribution in [1.29, 1.82) is 0 Å². The van der Waals surface area contributed by atoms with Gasteiger partial charge in [0.2, 0.25) is 11.5 Å². The molecule has 2 aliphatic heterocycles. The van der Waals surface area contributed by atoms with Crippen molar-refractivity contribution in [2.45, 2.75) is 50.9 Å². The number of nitrogens with zero attached hydrogens (tertiary/aromatic N) is 2. The minimum Gasteiger partial charge on any atom is -0.506 e. The first kappa shape index (κ1) is 31.5. The van der Waals surface area contributed by atoms with Gasteiger partial charge in [0.15, 0.2) is 12.3 Å². The Labute approximate surface area is 249 Å². The fourth-order valence-electron chi connectivity index (χ4n) is 6.29. The second-order valence-corrected chi connectivity index (χ2v) is 12.0. The molecule has 0 fully saturated rings. The van der Waals surface area contributed by atoms with Gasteiger partial charge in [0.25, 0.3) is 0 Å². The number of rotatable bonds is 6. The van der Waals surface area contributed by atoms with Gasteiger partial charge in [0.1, 0.15) is 12.4 Å². The summed E-state index contributed by atoms with van der Waals surface area (Å²) in [4.78, 5) is 15.0. The number of allylic oxidation sites excluding steroid dienone is 5. The van der Waals surface area contributed by atoms with E-state index in [2.05, 4.69) is 0 Å². The molecule has 0 unspecified atom stereocenters. The minimum absolute atomic E-state index is 0.0268. The van der Waals surface area contributed by atoms with E-state index in [-0.39, 0.29) is 43.2 Å². The van der Waals surface area contributed by atoms with Crippen LogP contribution in [0.2, 0.25) is 0 Å². The van der Waals surface area contributed by atoms with Crippen LogP contribution in [0.25, 0.3) is 0 Å². The summed E-state index contributed by atoms with van der Waals surface area (Å²) in [5.74, 6) is -0.950. The number of fused-ring (bicyclic) bond motifs is 2. The molecule has 12 heteroatoms. The SMILES string of the molecule is CC1(C)C(/C=C2/C(=O)C(/C=C3\N(CCO)c4ccc(C(F)(F)F)cc4C3(C)C)=C2O)=[N+](CCO)c2ccc(C(F)(F)F)cc21. The zero-order valence-electron chi connectivity index (χ0n) is 24.4. The highest BCUT2D eigenvalue weighted by atomic mass is 19.4. The molecule has 2 aromatic carbocycles. The fraction of sp³-hybridized carbons (Fsp3) is 0.375. The van der Waals surface area contributed by atoms with Crippen molar-refractivity contribution in [3.8, 4) is 0 Å². The third-order valence-corrected chi connectivity index (χ3v) is 8.65. The number of aliphatic hydroxyl groups is 3. The Morgan fingerprint density at radius 1 is 0.841 bits per heavy atom. The van der Waals surface area contributed by atoms with Gasteiger partial charge in [-0.25, -0.2) is 0 Å². The number of hydrogen-bond donors (Lipinski definition) is 3. The van der Waals surface area contributed by atoms with Crippen LogP contribution in [-0.4, -0.2) is 57.7 Å². The van der Waals surface area contributed by atoms with Crippen molar-refractivity contribution in [3.05, 3.63) is 93.4 Å². The van der Waals surface area contributed by atoms with Crippen LogP contribution in [0, 0.1) is 0 Å². The van der Waals surface area contributed by atoms with Gasteiger partial charge in [-0.05, 0) is 55.8 Å². The summed E-state index contributed by atoms with van der Waals surface area (Å²) in [5, 5.41) is 30.5. The zero-order chi connectivity index (χ0) is 32.6. The first-order valence-electron chi connectivity index (χ1n) is 13.9. The van der Waals surface area contributed by atoms with Gasteiger partial charge in [-0.1, -0.05) is 13.8 Å². The lowest BCUT2D eigenvalue weighted by Crippen LogP contribution is -2.33. The number of Topliss-reactive ketones (excluding diaryl/α,β-unsaturated/α-hetero) is 1. The van der Waals surface area contributed by atoms with E-state index in [1.54, 1.807) is 37.2 Å². The van der Waals surface area contributed by atoms with Gasteiger partial charge in [-0.2, -0.15) is 30.9 Å². The molecule has 6 nitrogen and oxygen atoms in total. The van der Waals surface area contributed by atoms with Crippen LogP contribution >= 0.6 is 0 Å². The Morgan fingerprint density at radius 3 is 1.98 bits per heavy atom. The first-order valence-corrected chi connectivity index (χ1v) is 13.9. The van der Waals surface area contributed by atoms with E-state index < -0.39 is 40.1 Å². The largest absolute Gasteiger partial charge is 0.506 e. The number of carbonyl (C=O) groups excluding carboxylic acids is 1. The molecule has 3 N–H and O–H groups in total. The number of β-amino-alcohol motifs (C(OH)–C–C–N with tert-alkyl or cyclic N) is 2. The van der Waals surface area contributed by atoms with Crippen molar-refractivity contribution in [3.63, 3.8) is 0 Å². The van der Waals surface area contributed by atoms with Gasteiger partial charge in [0.05, 0.1) is 34.3 Å². The Kier molecular flexibility index (Phi) is 7.41. The average molecular weight is 622 g/mol.